The molecule has 1 fully saturated rings. The molecular formula is C26H35N5O6S. The monoisotopic (exact) mass is 545 g/mol. The number of thioether (sulfide) groups is 1. The van der Waals surface area contributed by atoms with E-state index in [0.717, 1.165) is 11.8 Å². The van der Waals surface area contributed by atoms with Gasteiger partial charge in [-0.15, -0.1) is 0 Å². The van der Waals surface area contributed by atoms with Crippen molar-refractivity contribution in [3.05, 3.63) is 35.4 Å². The second-order valence-electron chi connectivity index (χ2n) is 10.0. The van der Waals surface area contributed by atoms with Crippen LogP contribution in [0.25, 0.3) is 0 Å². The summed E-state index contributed by atoms with van der Waals surface area (Å²) < 4.78 is 0. The summed E-state index contributed by atoms with van der Waals surface area (Å²) in [5, 5.41) is 3.95. The van der Waals surface area contributed by atoms with Gasteiger partial charge in [0.1, 0.15) is 0 Å². The Kier molecular flexibility index (Phi) is 9.66. The maximum Gasteiger partial charge on any atom is 0.271 e. The van der Waals surface area contributed by atoms with Crippen LogP contribution in [-0.2, 0) is 19.2 Å². The highest BCUT2D eigenvalue weighted by atomic mass is 32.2. The largest absolute Gasteiger partial charge is 0.343 e. The fourth-order valence-electron chi connectivity index (χ4n) is 4.51. The lowest BCUT2D eigenvalue weighted by Gasteiger charge is -2.37. The molecule has 0 aromatic heterocycles. The second kappa shape index (κ2) is 12.5. The van der Waals surface area contributed by atoms with Crippen molar-refractivity contribution in [2.75, 3.05) is 33.2 Å². The summed E-state index contributed by atoms with van der Waals surface area (Å²) in [5.41, 5.74) is 3.48. The van der Waals surface area contributed by atoms with E-state index in [-0.39, 0.29) is 54.7 Å². The third kappa shape index (κ3) is 6.98. The Bertz CT molecular complexity index is 1090. The molecule has 0 spiro atoms. The van der Waals surface area contributed by atoms with Crippen LogP contribution in [0.15, 0.2) is 24.3 Å². The first kappa shape index (κ1) is 29.3. The maximum atomic E-state index is 13.5. The average molecular weight is 546 g/mol. The van der Waals surface area contributed by atoms with Crippen molar-refractivity contribution < 1.29 is 28.8 Å². The second-order valence-corrected chi connectivity index (χ2v) is 11.5. The normalized spacial score (nSPS) is 17.4. The Morgan fingerprint density at radius 3 is 2.21 bits per heavy atom. The Balaban J connectivity index is 1.61. The van der Waals surface area contributed by atoms with Crippen molar-refractivity contribution in [3.8, 4) is 0 Å². The van der Waals surface area contributed by atoms with Gasteiger partial charge >= 0.3 is 0 Å². The fraction of sp³-hybridized carbons (Fsp3) is 0.538. The molecule has 2 aliphatic rings. The third-order valence-electron chi connectivity index (χ3n) is 6.35. The van der Waals surface area contributed by atoms with Crippen LogP contribution in [0.4, 0.5) is 0 Å². The van der Waals surface area contributed by atoms with E-state index in [9.17, 15) is 28.8 Å². The number of hydrogen-bond donors (Lipinski definition) is 2. The molecule has 1 aromatic rings. The lowest BCUT2D eigenvalue weighted by atomic mass is 10.0. The molecular weight excluding hydrogens is 510 g/mol. The number of rotatable bonds is 11. The van der Waals surface area contributed by atoms with Crippen molar-refractivity contribution >= 4 is 46.4 Å². The van der Waals surface area contributed by atoms with E-state index in [0.29, 0.717) is 37.1 Å². The molecule has 1 aromatic carbocycles. The lowest BCUT2D eigenvalue weighted by molar-refractivity contribution is -0.141. The minimum absolute atomic E-state index is 0.00348. The Morgan fingerprint density at radius 2 is 1.66 bits per heavy atom. The first-order valence-corrected chi connectivity index (χ1v) is 13.5. The Hall–Kier alpha value is -3.25. The molecule has 3 rings (SSSR count). The summed E-state index contributed by atoms with van der Waals surface area (Å²) in [6, 6.07) is 6.65. The van der Waals surface area contributed by atoms with Crippen LogP contribution in [0, 0.1) is 5.92 Å². The van der Waals surface area contributed by atoms with Crippen molar-refractivity contribution in [3.63, 3.8) is 0 Å². The number of carbonyl (C=O) groups is 6. The highest BCUT2D eigenvalue weighted by Crippen LogP contribution is 2.31. The van der Waals surface area contributed by atoms with Crippen molar-refractivity contribution in [2.24, 2.45) is 5.92 Å². The molecule has 1 atom stereocenters. The third-order valence-corrected chi connectivity index (χ3v) is 7.44. The van der Waals surface area contributed by atoms with Gasteiger partial charge in [0, 0.05) is 40.0 Å². The van der Waals surface area contributed by atoms with Crippen LogP contribution in [-0.4, -0.2) is 87.6 Å². The number of fused-ring (bicyclic) bond motifs is 1. The molecule has 0 aliphatic carbocycles. The highest BCUT2D eigenvalue weighted by Gasteiger charge is 2.44. The summed E-state index contributed by atoms with van der Waals surface area (Å²) in [5.74, 6) is -1.86. The number of nitrogens with one attached hydrogen (secondary N) is 2. The van der Waals surface area contributed by atoms with Gasteiger partial charge in [0.15, 0.2) is 9.99 Å². The zero-order valence-electron chi connectivity index (χ0n) is 22.2. The number of benzene rings is 1. The van der Waals surface area contributed by atoms with E-state index in [1.54, 1.807) is 36.2 Å². The van der Waals surface area contributed by atoms with Crippen LogP contribution in [0.2, 0.25) is 0 Å². The topological polar surface area (TPSA) is 136 Å². The molecule has 0 bridgehead atoms. The fourth-order valence-corrected chi connectivity index (χ4v) is 5.72. The van der Waals surface area contributed by atoms with Gasteiger partial charge in [0.05, 0.1) is 17.7 Å². The van der Waals surface area contributed by atoms with Crippen LogP contribution < -0.4 is 10.7 Å². The van der Waals surface area contributed by atoms with Crippen LogP contribution in [0.3, 0.4) is 0 Å². The number of hydrazine groups is 1. The average Bonchev–Trinajstić information content (AvgIpc) is 3.08. The zero-order valence-corrected chi connectivity index (χ0v) is 23.1. The van der Waals surface area contributed by atoms with E-state index < -0.39 is 16.7 Å². The number of unbranched alkanes of at least 4 members (excludes halogenated alkanes) is 1. The molecule has 2 N–H and O–H groups in total. The first-order valence-electron chi connectivity index (χ1n) is 12.7. The highest BCUT2D eigenvalue weighted by molar-refractivity contribution is 8.15. The molecule has 206 valence electrons. The smallest absolute Gasteiger partial charge is 0.271 e. The van der Waals surface area contributed by atoms with Gasteiger partial charge in [-0.05, 0) is 49.1 Å². The number of carbonyl (C=O) groups excluding carboxylic acids is 6. The number of imide groups is 1. The quantitative estimate of drug-likeness (QED) is 0.242. The minimum atomic E-state index is -1.55. The number of likely N-dealkylation sites (N-methyl/N-ethyl adjacent to an activating group) is 1. The van der Waals surface area contributed by atoms with Crippen LogP contribution in [0.5, 0.6) is 0 Å². The van der Waals surface area contributed by atoms with Crippen LogP contribution in [0.1, 0.15) is 67.2 Å². The maximum absolute atomic E-state index is 13.5. The van der Waals surface area contributed by atoms with Crippen molar-refractivity contribution in [1.29, 1.82) is 0 Å². The Morgan fingerprint density at radius 1 is 1.03 bits per heavy atom. The number of nitrogens with zero attached hydrogens (tertiary/aromatic N) is 3. The SMILES string of the molecule is CC(=O)S[C@@](CC(C)C)(NC(=O)CCCCN1C(=O)c2ccccc2C1=O)C(=O)NN1CCN(C)C(=O)C1. The van der Waals surface area contributed by atoms with Gasteiger partial charge in [-0.1, -0.05) is 26.0 Å². The van der Waals surface area contributed by atoms with Gasteiger partial charge < -0.3 is 10.2 Å². The molecule has 12 heteroatoms. The summed E-state index contributed by atoms with van der Waals surface area (Å²) in [6.45, 7) is 6.14. The first-order chi connectivity index (χ1) is 17.9. The van der Waals surface area contributed by atoms with Crippen molar-refractivity contribution in [2.45, 2.75) is 51.3 Å². The number of piperazine rings is 1. The van der Waals surface area contributed by atoms with Crippen LogP contribution >= 0.6 is 11.8 Å². The molecule has 2 aliphatic heterocycles. The molecule has 11 nitrogen and oxygen atoms in total. The standard InChI is InChI=1S/C26H35N5O6S/c1-17(2)15-26(38-18(3)32,25(37)28-30-14-13-29(4)22(34)16-30)27-21(33)11-7-8-12-31-23(35)19-9-5-6-10-20(19)24(31)36/h5-6,9-10,17H,7-8,11-16H2,1-4H3,(H,27,33)(H,28,37)/t26-/m1/s1. The summed E-state index contributed by atoms with van der Waals surface area (Å²) in [7, 11) is 1.69. The van der Waals surface area contributed by atoms with E-state index in [1.807, 2.05) is 13.8 Å². The van der Waals surface area contributed by atoms with Gasteiger partial charge in [-0.25, -0.2) is 5.01 Å². The summed E-state index contributed by atoms with van der Waals surface area (Å²) in [4.78, 5) is 76.9. The summed E-state index contributed by atoms with van der Waals surface area (Å²) >= 11 is 0.752. The Labute approximate surface area is 226 Å². The molecule has 38 heavy (non-hydrogen) atoms. The van der Waals surface area contributed by atoms with E-state index in [1.165, 1.54) is 16.8 Å². The molecule has 0 unspecified atom stereocenters. The molecule has 0 saturated carbocycles. The molecule has 5 amide bonds. The predicted molar refractivity (Wildman–Crippen MR) is 142 cm³/mol. The van der Waals surface area contributed by atoms with Gasteiger partial charge in [0.2, 0.25) is 11.8 Å². The number of amides is 5. The van der Waals surface area contributed by atoms with E-state index in [4.69, 9.17) is 0 Å². The van der Waals surface area contributed by atoms with Gasteiger partial charge in [0.25, 0.3) is 17.7 Å². The van der Waals surface area contributed by atoms with Gasteiger partial charge in [-0.3, -0.25) is 39.1 Å². The molecule has 1 saturated heterocycles. The lowest BCUT2D eigenvalue weighted by Crippen LogP contribution is -2.63. The van der Waals surface area contributed by atoms with E-state index >= 15 is 0 Å². The minimum Gasteiger partial charge on any atom is -0.343 e. The van der Waals surface area contributed by atoms with Gasteiger partial charge in [-0.2, -0.15) is 0 Å². The van der Waals surface area contributed by atoms with Crippen molar-refractivity contribution in [1.82, 2.24) is 25.6 Å². The molecule has 2 heterocycles. The number of hydrogen-bond acceptors (Lipinski definition) is 8. The predicted octanol–water partition coefficient (Wildman–Crippen LogP) is 1.40. The zero-order chi connectivity index (χ0) is 28.0. The summed E-state index contributed by atoms with van der Waals surface area (Å²) in [6.07, 6.45) is 1.02. The molecule has 0 radical (unpaired) electrons. The van der Waals surface area contributed by atoms with E-state index in [2.05, 4.69) is 10.7 Å².